The summed E-state index contributed by atoms with van der Waals surface area (Å²) in [7, 11) is 3.10. The number of hydrogen-bond acceptors (Lipinski definition) is 3. The highest BCUT2D eigenvalue weighted by Gasteiger charge is 2.05. The summed E-state index contributed by atoms with van der Waals surface area (Å²) in [6, 6.07) is 5.37. The van der Waals surface area contributed by atoms with E-state index in [1.165, 1.54) is 6.08 Å². The minimum Gasteiger partial charge on any atom is -0.496 e. The lowest BCUT2D eigenvalue weighted by atomic mass is 10.1. The van der Waals surface area contributed by atoms with Gasteiger partial charge in [0, 0.05) is 6.08 Å². The number of ether oxygens (including phenoxy) is 2. The van der Waals surface area contributed by atoms with Crippen LogP contribution in [0.2, 0.25) is 0 Å². The van der Waals surface area contributed by atoms with Crippen LogP contribution in [0, 0.1) is 0 Å². The van der Waals surface area contributed by atoms with Crippen molar-refractivity contribution in [1.29, 1.82) is 0 Å². The Kier molecular flexibility index (Phi) is 3.74. The Labute approximate surface area is 88.3 Å². The fraction of sp³-hybridized carbons (Fsp3) is 0.182. The third-order valence-corrected chi connectivity index (χ3v) is 1.88. The van der Waals surface area contributed by atoms with Crippen LogP contribution in [0.4, 0.5) is 0 Å². The lowest BCUT2D eigenvalue weighted by Crippen LogP contribution is -2.05. The standard InChI is InChI=1S/C11H13NO3/c1-14-9-4-3-5-10(15-2)8(9)6-7-11(12)13/h3-7H,1-2H3,(H2,12,13). The summed E-state index contributed by atoms with van der Waals surface area (Å²) >= 11 is 0. The van der Waals surface area contributed by atoms with Gasteiger partial charge in [0.05, 0.1) is 19.8 Å². The quantitative estimate of drug-likeness (QED) is 0.754. The summed E-state index contributed by atoms with van der Waals surface area (Å²) in [5, 5.41) is 0. The van der Waals surface area contributed by atoms with Crippen molar-refractivity contribution < 1.29 is 14.3 Å². The van der Waals surface area contributed by atoms with E-state index in [2.05, 4.69) is 0 Å². The van der Waals surface area contributed by atoms with Gasteiger partial charge in [-0.05, 0) is 18.2 Å². The first kappa shape index (κ1) is 11.1. The number of carbonyl (C=O) groups is 1. The molecule has 0 aromatic heterocycles. The van der Waals surface area contributed by atoms with Gasteiger partial charge < -0.3 is 15.2 Å². The Morgan fingerprint density at radius 2 is 1.80 bits per heavy atom. The van der Waals surface area contributed by atoms with Crippen molar-refractivity contribution in [2.45, 2.75) is 0 Å². The van der Waals surface area contributed by atoms with Crippen LogP contribution in [0.25, 0.3) is 6.08 Å². The van der Waals surface area contributed by atoms with Crippen LogP contribution in [0.5, 0.6) is 11.5 Å². The largest absolute Gasteiger partial charge is 0.496 e. The smallest absolute Gasteiger partial charge is 0.241 e. The molecule has 4 heteroatoms. The average Bonchev–Trinajstić information content (AvgIpc) is 2.25. The van der Waals surface area contributed by atoms with E-state index in [0.717, 1.165) is 0 Å². The molecule has 15 heavy (non-hydrogen) atoms. The molecule has 0 aliphatic heterocycles. The maximum atomic E-state index is 10.6. The van der Waals surface area contributed by atoms with Crippen molar-refractivity contribution in [3.63, 3.8) is 0 Å². The van der Waals surface area contributed by atoms with Crippen LogP contribution in [0.1, 0.15) is 5.56 Å². The van der Waals surface area contributed by atoms with Crippen molar-refractivity contribution in [3.8, 4) is 11.5 Å². The van der Waals surface area contributed by atoms with E-state index in [1.54, 1.807) is 38.5 Å². The number of primary amides is 1. The van der Waals surface area contributed by atoms with Gasteiger partial charge in [0.15, 0.2) is 0 Å². The molecule has 80 valence electrons. The van der Waals surface area contributed by atoms with E-state index in [0.29, 0.717) is 17.1 Å². The number of rotatable bonds is 4. The minimum absolute atomic E-state index is 0.511. The molecule has 0 heterocycles. The molecule has 1 aromatic rings. The fourth-order valence-corrected chi connectivity index (χ4v) is 1.21. The van der Waals surface area contributed by atoms with Crippen LogP contribution in [0.3, 0.4) is 0 Å². The fourth-order valence-electron chi connectivity index (χ4n) is 1.21. The van der Waals surface area contributed by atoms with Gasteiger partial charge in [-0.3, -0.25) is 4.79 Å². The van der Waals surface area contributed by atoms with Gasteiger partial charge in [-0.25, -0.2) is 0 Å². The summed E-state index contributed by atoms with van der Waals surface area (Å²) in [5.74, 6) is 0.752. The first-order chi connectivity index (χ1) is 7.19. The normalized spacial score (nSPS) is 10.3. The first-order valence-electron chi connectivity index (χ1n) is 4.37. The van der Waals surface area contributed by atoms with Gasteiger partial charge >= 0.3 is 0 Å². The third kappa shape index (κ3) is 2.74. The highest BCUT2D eigenvalue weighted by Crippen LogP contribution is 2.29. The number of carbonyl (C=O) groups excluding carboxylic acids is 1. The molecule has 0 unspecified atom stereocenters. The summed E-state index contributed by atoms with van der Waals surface area (Å²) in [6.45, 7) is 0. The summed E-state index contributed by atoms with van der Waals surface area (Å²) in [5.41, 5.74) is 5.71. The molecule has 0 saturated heterocycles. The minimum atomic E-state index is -0.511. The Hall–Kier alpha value is -1.97. The topological polar surface area (TPSA) is 61.6 Å². The zero-order valence-electron chi connectivity index (χ0n) is 8.69. The molecule has 0 aliphatic rings. The molecule has 0 bridgehead atoms. The van der Waals surface area contributed by atoms with E-state index in [9.17, 15) is 4.79 Å². The van der Waals surface area contributed by atoms with Gasteiger partial charge in [0.1, 0.15) is 11.5 Å². The van der Waals surface area contributed by atoms with Crippen LogP contribution < -0.4 is 15.2 Å². The number of benzene rings is 1. The highest BCUT2D eigenvalue weighted by atomic mass is 16.5. The third-order valence-electron chi connectivity index (χ3n) is 1.88. The van der Waals surface area contributed by atoms with Crippen LogP contribution in [-0.4, -0.2) is 20.1 Å². The first-order valence-corrected chi connectivity index (χ1v) is 4.37. The van der Waals surface area contributed by atoms with Crippen molar-refractivity contribution >= 4 is 12.0 Å². The number of amides is 1. The van der Waals surface area contributed by atoms with Crippen LogP contribution in [-0.2, 0) is 4.79 Å². The molecule has 0 saturated carbocycles. The molecular formula is C11H13NO3. The lowest BCUT2D eigenvalue weighted by molar-refractivity contribution is -0.113. The van der Waals surface area contributed by atoms with Crippen molar-refractivity contribution in [2.24, 2.45) is 5.73 Å². The maximum Gasteiger partial charge on any atom is 0.241 e. The maximum absolute atomic E-state index is 10.6. The predicted octanol–water partition coefficient (Wildman–Crippen LogP) is 1.20. The van der Waals surface area contributed by atoms with Gasteiger partial charge in [0.25, 0.3) is 0 Å². The van der Waals surface area contributed by atoms with Gasteiger partial charge in [-0.2, -0.15) is 0 Å². The number of methoxy groups -OCH3 is 2. The number of nitrogens with two attached hydrogens (primary N) is 1. The van der Waals surface area contributed by atoms with Gasteiger partial charge in [0.2, 0.25) is 5.91 Å². The Morgan fingerprint density at radius 1 is 1.27 bits per heavy atom. The second-order valence-corrected chi connectivity index (χ2v) is 2.81. The molecule has 4 nitrogen and oxygen atoms in total. The van der Waals surface area contributed by atoms with E-state index < -0.39 is 5.91 Å². The van der Waals surface area contributed by atoms with Crippen LogP contribution in [0.15, 0.2) is 24.3 Å². The highest BCUT2D eigenvalue weighted by molar-refractivity contribution is 5.91. The van der Waals surface area contributed by atoms with E-state index in [4.69, 9.17) is 15.2 Å². The molecule has 0 aliphatic carbocycles. The molecular weight excluding hydrogens is 194 g/mol. The van der Waals surface area contributed by atoms with Gasteiger partial charge in [-0.1, -0.05) is 6.07 Å². The van der Waals surface area contributed by atoms with Crippen LogP contribution >= 0.6 is 0 Å². The molecule has 0 fully saturated rings. The zero-order chi connectivity index (χ0) is 11.3. The molecule has 2 N–H and O–H groups in total. The Morgan fingerprint density at radius 3 is 2.20 bits per heavy atom. The summed E-state index contributed by atoms with van der Waals surface area (Å²) in [6.07, 6.45) is 2.83. The summed E-state index contributed by atoms with van der Waals surface area (Å²) < 4.78 is 10.3. The SMILES string of the molecule is COc1cccc(OC)c1C=CC(N)=O. The molecule has 0 spiro atoms. The average molecular weight is 207 g/mol. The Bertz CT molecular complexity index is 363. The predicted molar refractivity (Wildman–Crippen MR) is 57.8 cm³/mol. The monoisotopic (exact) mass is 207 g/mol. The molecule has 1 aromatic carbocycles. The van der Waals surface area contributed by atoms with Gasteiger partial charge in [-0.15, -0.1) is 0 Å². The van der Waals surface area contributed by atoms with Crippen molar-refractivity contribution in [1.82, 2.24) is 0 Å². The lowest BCUT2D eigenvalue weighted by Gasteiger charge is -2.09. The van der Waals surface area contributed by atoms with E-state index in [-0.39, 0.29) is 0 Å². The molecule has 0 radical (unpaired) electrons. The summed E-state index contributed by atoms with van der Waals surface area (Å²) in [4.78, 5) is 10.6. The Balaban J connectivity index is 3.16. The van der Waals surface area contributed by atoms with Crippen molar-refractivity contribution in [2.75, 3.05) is 14.2 Å². The van der Waals surface area contributed by atoms with Crippen molar-refractivity contribution in [3.05, 3.63) is 29.8 Å². The van der Waals surface area contributed by atoms with E-state index >= 15 is 0 Å². The second kappa shape index (κ2) is 5.05. The molecule has 1 rings (SSSR count). The molecule has 0 atom stereocenters. The zero-order valence-corrected chi connectivity index (χ0v) is 8.69. The second-order valence-electron chi connectivity index (χ2n) is 2.81. The van der Waals surface area contributed by atoms with E-state index in [1.807, 2.05) is 0 Å². The number of hydrogen-bond donors (Lipinski definition) is 1. The molecule has 1 amide bonds.